The van der Waals surface area contributed by atoms with E-state index in [2.05, 4.69) is 21.0 Å². The number of hydrogen-bond acceptors (Lipinski definition) is 2. The molecule has 0 saturated heterocycles. The van der Waals surface area contributed by atoms with Crippen molar-refractivity contribution < 1.29 is 9.50 Å². The molecule has 0 bridgehead atoms. The molecule has 108 valence electrons. The summed E-state index contributed by atoms with van der Waals surface area (Å²) in [6, 6.07) is 4.25. The Morgan fingerprint density at radius 2 is 2.20 bits per heavy atom. The van der Waals surface area contributed by atoms with Gasteiger partial charge < -0.3 is 5.11 Å². The van der Waals surface area contributed by atoms with Gasteiger partial charge in [0, 0.05) is 13.5 Å². The van der Waals surface area contributed by atoms with E-state index < -0.39 is 11.9 Å². The average molecular weight is 362 g/mol. The normalized spacial score (nSPS) is 12.7. The summed E-state index contributed by atoms with van der Waals surface area (Å²) in [5.74, 6) is -0.488. The molecule has 0 saturated carbocycles. The Morgan fingerprint density at radius 3 is 2.75 bits per heavy atom. The molecular weight excluding hydrogens is 347 g/mol. The molecule has 0 aliphatic heterocycles. The molecule has 1 unspecified atom stereocenters. The van der Waals surface area contributed by atoms with Crippen molar-refractivity contribution in [2.75, 3.05) is 0 Å². The molecule has 2 rings (SSSR count). The summed E-state index contributed by atoms with van der Waals surface area (Å²) in [5.41, 5.74) is 2.43. The number of hydrogen-bond donors (Lipinski definition) is 1. The molecule has 0 radical (unpaired) electrons. The first kappa shape index (κ1) is 15.5. The second-order valence-corrected chi connectivity index (χ2v) is 5.78. The van der Waals surface area contributed by atoms with Gasteiger partial charge >= 0.3 is 0 Å². The van der Waals surface area contributed by atoms with E-state index in [-0.39, 0.29) is 5.02 Å². The lowest BCUT2D eigenvalue weighted by Crippen LogP contribution is -2.07. The second kappa shape index (κ2) is 6.24. The summed E-state index contributed by atoms with van der Waals surface area (Å²) in [6.07, 6.45) is 0.434. The van der Waals surface area contributed by atoms with E-state index in [1.807, 2.05) is 14.0 Å². The SMILES string of the molecule is CCc1nn(C)c(CC(O)c2ccc(F)c(Cl)c2)c1Br. The molecule has 1 atom stereocenters. The van der Waals surface area contributed by atoms with E-state index in [0.29, 0.717) is 12.0 Å². The minimum Gasteiger partial charge on any atom is -0.388 e. The van der Waals surface area contributed by atoms with Crippen molar-refractivity contribution in [2.24, 2.45) is 7.05 Å². The highest BCUT2D eigenvalue weighted by Gasteiger charge is 2.18. The van der Waals surface area contributed by atoms with E-state index >= 15 is 0 Å². The number of aliphatic hydroxyl groups excluding tert-OH is 1. The molecule has 3 nitrogen and oxygen atoms in total. The fraction of sp³-hybridized carbons (Fsp3) is 0.357. The third-order valence-corrected chi connectivity index (χ3v) is 4.42. The van der Waals surface area contributed by atoms with E-state index in [4.69, 9.17) is 11.6 Å². The molecular formula is C14H15BrClFN2O. The van der Waals surface area contributed by atoms with Gasteiger partial charge in [-0.05, 0) is 40.0 Å². The molecule has 0 aliphatic rings. The number of rotatable bonds is 4. The van der Waals surface area contributed by atoms with Crippen LogP contribution in [-0.2, 0) is 19.9 Å². The molecule has 1 aromatic carbocycles. The van der Waals surface area contributed by atoms with E-state index in [0.717, 1.165) is 22.3 Å². The van der Waals surface area contributed by atoms with Crippen LogP contribution in [0.25, 0.3) is 0 Å². The number of nitrogens with zero attached hydrogens (tertiary/aromatic N) is 2. The van der Waals surface area contributed by atoms with Gasteiger partial charge in [0.1, 0.15) is 5.82 Å². The van der Waals surface area contributed by atoms with Crippen molar-refractivity contribution in [2.45, 2.75) is 25.9 Å². The first-order valence-electron chi connectivity index (χ1n) is 6.27. The molecule has 1 heterocycles. The number of aromatic nitrogens is 2. The minimum atomic E-state index is -0.760. The lowest BCUT2D eigenvalue weighted by Gasteiger charge is -2.12. The van der Waals surface area contributed by atoms with Crippen LogP contribution in [0.1, 0.15) is 30.0 Å². The van der Waals surface area contributed by atoms with Gasteiger partial charge in [0.25, 0.3) is 0 Å². The highest BCUT2D eigenvalue weighted by atomic mass is 79.9. The van der Waals surface area contributed by atoms with Gasteiger partial charge in [0.15, 0.2) is 0 Å². The highest BCUT2D eigenvalue weighted by Crippen LogP contribution is 2.28. The van der Waals surface area contributed by atoms with Gasteiger partial charge in [0.05, 0.1) is 27.0 Å². The first-order chi connectivity index (χ1) is 9.43. The van der Waals surface area contributed by atoms with Crippen LogP contribution in [0.2, 0.25) is 5.02 Å². The minimum absolute atomic E-state index is 0.0138. The summed E-state index contributed by atoms with van der Waals surface area (Å²) in [6.45, 7) is 2.02. The zero-order valence-corrected chi connectivity index (χ0v) is 13.5. The third kappa shape index (κ3) is 3.05. The quantitative estimate of drug-likeness (QED) is 0.899. The highest BCUT2D eigenvalue weighted by molar-refractivity contribution is 9.10. The van der Waals surface area contributed by atoms with Crippen molar-refractivity contribution in [1.82, 2.24) is 9.78 Å². The molecule has 0 fully saturated rings. The van der Waals surface area contributed by atoms with Gasteiger partial charge in [0.2, 0.25) is 0 Å². The van der Waals surface area contributed by atoms with Crippen LogP contribution in [0.4, 0.5) is 4.39 Å². The van der Waals surface area contributed by atoms with Crippen molar-refractivity contribution in [1.29, 1.82) is 0 Å². The Hall–Kier alpha value is -0.910. The lowest BCUT2D eigenvalue weighted by molar-refractivity contribution is 0.175. The molecule has 2 aromatic rings. The van der Waals surface area contributed by atoms with E-state index in [9.17, 15) is 9.50 Å². The Bertz CT molecular complexity index is 630. The van der Waals surface area contributed by atoms with Gasteiger partial charge in [-0.1, -0.05) is 24.6 Å². The van der Waals surface area contributed by atoms with Crippen molar-refractivity contribution in [3.05, 3.63) is 50.5 Å². The smallest absolute Gasteiger partial charge is 0.141 e. The second-order valence-electron chi connectivity index (χ2n) is 4.58. The van der Waals surface area contributed by atoms with Crippen LogP contribution in [0.3, 0.4) is 0 Å². The topological polar surface area (TPSA) is 38.0 Å². The average Bonchev–Trinajstić information content (AvgIpc) is 2.69. The van der Waals surface area contributed by atoms with Gasteiger partial charge in [-0.3, -0.25) is 4.68 Å². The number of aryl methyl sites for hydroxylation is 2. The summed E-state index contributed by atoms with van der Waals surface area (Å²) in [7, 11) is 1.84. The maximum atomic E-state index is 13.1. The molecule has 0 spiro atoms. The predicted molar refractivity (Wildman–Crippen MR) is 80.4 cm³/mol. The van der Waals surface area contributed by atoms with Crippen LogP contribution in [0.5, 0.6) is 0 Å². The number of halogens is 3. The fourth-order valence-electron chi connectivity index (χ4n) is 2.06. The Balaban J connectivity index is 2.25. The molecule has 1 N–H and O–H groups in total. The first-order valence-corrected chi connectivity index (χ1v) is 7.44. The van der Waals surface area contributed by atoms with Crippen LogP contribution in [0, 0.1) is 5.82 Å². The molecule has 6 heteroatoms. The summed E-state index contributed by atoms with van der Waals surface area (Å²) >= 11 is 9.25. The maximum absolute atomic E-state index is 13.1. The monoisotopic (exact) mass is 360 g/mol. The van der Waals surface area contributed by atoms with E-state index in [1.54, 1.807) is 4.68 Å². The summed E-state index contributed by atoms with van der Waals surface area (Å²) in [4.78, 5) is 0. The molecule has 20 heavy (non-hydrogen) atoms. The zero-order valence-electron chi connectivity index (χ0n) is 11.2. The largest absolute Gasteiger partial charge is 0.388 e. The van der Waals surface area contributed by atoms with E-state index in [1.165, 1.54) is 18.2 Å². The summed E-state index contributed by atoms with van der Waals surface area (Å²) < 4.78 is 15.8. The molecule has 0 aliphatic carbocycles. The van der Waals surface area contributed by atoms with Crippen molar-refractivity contribution in [3.63, 3.8) is 0 Å². The zero-order chi connectivity index (χ0) is 14.9. The Labute approximate surface area is 130 Å². The molecule has 1 aromatic heterocycles. The van der Waals surface area contributed by atoms with Crippen molar-refractivity contribution >= 4 is 27.5 Å². The fourth-order valence-corrected chi connectivity index (χ4v) is 3.03. The number of benzene rings is 1. The van der Waals surface area contributed by atoms with Crippen LogP contribution in [0.15, 0.2) is 22.7 Å². The van der Waals surface area contributed by atoms with Crippen molar-refractivity contribution in [3.8, 4) is 0 Å². The van der Waals surface area contributed by atoms with Gasteiger partial charge in [-0.2, -0.15) is 5.10 Å². The Kier molecular flexibility index (Phi) is 4.83. The third-order valence-electron chi connectivity index (χ3n) is 3.22. The maximum Gasteiger partial charge on any atom is 0.141 e. The van der Waals surface area contributed by atoms with Gasteiger partial charge in [-0.15, -0.1) is 0 Å². The number of aliphatic hydroxyl groups is 1. The predicted octanol–water partition coefficient (Wildman–Crippen LogP) is 3.81. The van der Waals surface area contributed by atoms with Crippen LogP contribution < -0.4 is 0 Å². The standard InChI is InChI=1S/C14H15BrClFN2O/c1-3-11-14(15)12(19(2)18-11)7-13(20)8-4-5-10(17)9(16)6-8/h4-6,13,20H,3,7H2,1-2H3. The van der Waals surface area contributed by atoms with Crippen LogP contribution >= 0.6 is 27.5 Å². The molecule has 0 amide bonds. The summed E-state index contributed by atoms with van der Waals surface area (Å²) in [5, 5.41) is 14.7. The Morgan fingerprint density at radius 1 is 1.50 bits per heavy atom. The van der Waals surface area contributed by atoms with Crippen LogP contribution in [-0.4, -0.2) is 14.9 Å². The van der Waals surface area contributed by atoms with Gasteiger partial charge in [-0.25, -0.2) is 4.39 Å². The lowest BCUT2D eigenvalue weighted by atomic mass is 10.0.